The third kappa shape index (κ3) is 3.96. The number of hydrogen-bond donors (Lipinski definition) is 2. The van der Waals surface area contributed by atoms with Gasteiger partial charge in [0.25, 0.3) is 0 Å². The maximum atomic E-state index is 7.22. The number of nitrogens with zero attached hydrogens (tertiary/aromatic N) is 2. The van der Waals surface area contributed by atoms with E-state index in [2.05, 4.69) is 9.80 Å². The van der Waals surface area contributed by atoms with Crippen molar-refractivity contribution in [3.8, 4) is 0 Å². The summed E-state index contributed by atoms with van der Waals surface area (Å²) in [5, 5.41) is 7.22. The van der Waals surface area contributed by atoms with Crippen LogP contribution in [0.4, 0.5) is 0 Å². The van der Waals surface area contributed by atoms with Crippen LogP contribution in [-0.4, -0.2) is 54.4 Å². The molecule has 2 aliphatic heterocycles. The van der Waals surface area contributed by atoms with Crippen molar-refractivity contribution >= 4 is 5.84 Å². The van der Waals surface area contributed by atoms with E-state index in [0.29, 0.717) is 5.84 Å². The third-order valence-electron chi connectivity index (χ3n) is 4.08. The summed E-state index contributed by atoms with van der Waals surface area (Å²) in [6, 6.07) is 0.799. The first-order valence-corrected chi connectivity index (χ1v) is 7.05. The number of rotatable bonds is 5. The van der Waals surface area contributed by atoms with Crippen molar-refractivity contribution in [2.75, 3.05) is 32.7 Å². The van der Waals surface area contributed by atoms with Gasteiger partial charge in [0.1, 0.15) is 0 Å². The van der Waals surface area contributed by atoms with Crippen LogP contribution >= 0.6 is 0 Å². The first-order chi connectivity index (χ1) is 8.25. The van der Waals surface area contributed by atoms with E-state index in [1.807, 2.05) is 0 Å². The van der Waals surface area contributed by atoms with Crippen LogP contribution in [-0.2, 0) is 0 Å². The lowest BCUT2D eigenvalue weighted by atomic mass is 10.1. The molecule has 0 aromatic rings. The van der Waals surface area contributed by atoms with Crippen LogP contribution in [0.15, 0.2) is 0 Å². The van der Waals surface area contributed by atoms with E-state index in [1.165, 1.54) is 51.9 Å². The van der Waals surface area contributed by atoms with Gasteiger partial charge in [0, 0.05) is 19.0 Å². The number of likely N-dealkylation sites (tertiary alicyclic amines) is 2. The lowest BCUT2D eigenvalue weighted by Crippen LogP contribution is -2.41. The smallest absolute Gasteiger partial charge is 0.0905 e. The molecule has 17 heavy (non-hydrogen) atoms. The molecule has 0 radical (unpaired) electrons. The molecule has 2 aliphatic rings. The molecule has 0 amide bonds. The van der Waals surface area contributed by atoms with E-state index >= 15 is 0 Å². The molecule has 2 fully saturated rings. The summed E-state index contributed by atoms with van der Waals surface area (Å²) in [7, 11) is 0. The fourth-order valence-corrected chi connectivity index (χ4v) is 3.09. The second-order valence-corrected chi connectivity index (χ2v) is 5.47. The van der Waals surface area contributed by atoms with Crippen LogP contribution in [0.3, 0.4) is 0 Å². The van der Waals surface area contributed by atoms with Gasteiger partial charge in [-0.3, -0.25) is 10.3 Å². The summed E-state index contributed by atoms with van der Waals surface area (Å²) in [5.41, 5.74) is 5.38. The fraction of sp³-hybridized carbons (Fsp3) is 0.923. The molecular formula is C13H26N4. The number of amidine groups is 1. The normalized spacial score (nSPS) is 27.4. The van der Waals surface area contributed by atoms with Gasteiger partial charge in [0.15, 0.2) is 0 Å². The van der Waals surface area contributed by atoms with Crippen LogP contribution in [0, 0.1) is 5.41 Å². The molecule has 0 aromatic heterocycles. The van der Waals surface area contributed by atoms with Crippen LogP contribution < -0.4 is 5.73 Å². The van der Waals surface area contributed by atoms with Crippen molar-refractivity contribution in [1.29, 1.82) is 5.41 Å². The van der Waals surface area contributed by atoms with Crippen molar-refractivity contribution in [3.05, 3.63) is 0 Å². The monoisotopic (exact) mass is 238 g/mol. The molecule has 2 heterocycles. The van der Waals surface area contributed by atoms with Gasteiger partial charge in [-0.15, -0.1) is 0 Å². The van der Waals surface area contributed by atoms with Gasteiger partial charge in [-0.05, 0) is 51.9 Å². The van der Waals surface area contributed by atoms with Crippen molar-refractivity contribution in [2.45, 2.75) is 44.6 Å². The molecule has 0 bridgehead atoms. The average molecular weight is 238 g/mol. The number of hydrogen-bond acceptors (Lipinski definition) is 3. The standard InChI is InChI=1S/C13H26N4/c14-13(15)5-4-7-16-10-6-12(11-16)17-8-2-1-3-9-17/h12H,1-11H2,(H3,14,15). The molecule has 0 aromatic carbocycles. The Hall–Kier alpha value is -0.610. The molecule has 4 heteroatoms. The molecule has 1 unspecified atom stereocenters. The molecular weight excluding hydrogens is 212 g/mol. The summed E-state index contributed by atoms with van der Waals surface area (Å²) < 4.78 is 0. The van der Waals surface area contributed by atoms with E-state index in [4.69, 9.17) is 11.1 Å². The molecule has 1 atom stereocenters. The first kappa shape index (κ1) is 12.8. The lowest BCUT2D eigenvalue weighted by Gasteiger charge is -2.32. The van der Waals surface area contributed by atoms with E-state index in [-0.39, 0.29) is 0 Å². The Morgan fingerprint density at radius 1 is 1.18 bits per heavy atom. The van der Waals surface area contributed by atoms with Crippen LogP contribution in [0.2, 0.25) is 0 Å². The van der Waals surface area contributed by atoms with E-state index in [1.54, 1.807) is 0 Å². The summed E-state index contributed by atoms with van der Waals surface area (Å²) in [6.07, 6.45) is 7.33. The minimum Gasteiger partial charge on any atom is -0.388 e. The number of nitrogens with one attached hydrogen (secondary N) is 1. The van der Waals surface area contributed by atoms with E-state index < -0.39 is 0 Å². The highest BCUT2D eigenvalue weighted by Crippen LogP contribution is 2.20. The summed E-state index contributed by atoms with van der Waals surface area (Å²) in [4.78, 5) is 5.23. The largest absolute Gasteiger partial charge is 0.388 e. The molecule has 4 nitrogen and oxygen atoms in total. The SMILES string of the molecule is N=C(N)CCCN1CCC(N2CCCCC2)C1. The Bertz CT molecular complexity index is 248. The molecule has 2 saturated heterocycles. The third-order valence-corrected chi connectivity index (χ3v) is 4.08. The maximum absolute atomic E-state index is 7.22. The Morgan fingerprint density at radius 2 is 1.94 bits per heavy atom. The van der Waals surface area contributed by atoms with Crippen molar-refractivity contribution in [1.82, 2.24) is 9.80 Å². The van der Waals surface area contributed by atoms with Gasteiger partial charge in [-0.1, -0.05) is 6.42 Å². The van der Waals surface area contributed by atoms with Crippen LogP contribution in [0.5, 0.6) is 0 Å². The molecule has 0 saturated carbocycles. The highest BCUT2D eigenvalue weighted by molar-refractivity contribution is 5.76. The summed E-state index contributed by atoms with van der Waals surface area (Å²) >= 11 is 0. The van der Waals surface area contributed by atoms with Crippen LogP contribution in [0.25, 0.3) is 0 Å². The zero-order valence-electron chi connectivity index (χ0n) is 10.8. The van der Waals surface area contributed by atoms with Gasteiger partial charge in [-0.25, -0.2) is 0 Å². The zero-order chi connectivity index (χ0) is 12.1. The molecule has 0 aliphatic carbocycles. The van der Waals surface area contributed by atoms with E-state index in [0.717, 1.165) is 25.4 Å². The second kappa shape index (κ2) is 6.36. The van der Waals surface area contributed by atoms with Gasteiger partial charge < -0.3 is 10.6 Å². The van der Waals surface area contributed by atoms with Gasteiger partial charge in [0.05, 0.1) is 5.84 Å². The maximum Gasteiger partial charge on any atom is 0.0905 e. The van der Waals surface area contributed by atoms with Crippen molar-refractivity contribution < 1.29 is 0 Å². The van der Waals surface area contributed by atoms with E-state index in [9.17, 15) is 0 Å². The predicted molar refractivity (Wildman–Crippen MR) is 71.4 cm³/mol. The minimum absolute atomic E-state index is 0.330. The summed E-state index contributed by atoms with van der Waals surface area (Å²) in [5.74, 6) is 0.330. The topological polar surface area (TPSA) is 56.4 Å². The number of nitrogens with two attached hydrogens (primary N) is 1. The van der Waals surface area contributed by atoms with Crippen LogP contribution in [0.1, 0.15) is 38.5 Å². The highest BCUT2D eigenvalue weighted by Gasteiger charge is 2.27. The Kier molecular flexibility index (Phi) is 4.80. The predicted octanol–water partition coefficient (Wildman–Crippen LogP) is 1.26. The Balaban J connectivity index is 1.66. The summed E-state index contributed by atoms with van der Waals surface area (Å²) in [6.45, 7) is 6.21. The average Bonchev–Trinajstić information content (AvgIpc) is 2.78. The van der Waals surface area contributed by atoms with Gasteiger partial charge >= 0.3 is 0 Å². The highest BCUT2D eigenvalue weighted by atomic mass is 15.3. The zero-order valence-corrected chi connectivity index (χ0v) is 10.8. The second-order valence-electron chi connectivity index (χ2n) is 5.47. The van der Waals surface area contributed by atoms with Gasteiger partial charge in [0.2, 0.25) is 0 Å². The number of piperidine rings is 1. The Labute approximate surface area is 105 Å². The van der Waals surface area contributed by atoms with Crippen molar-refractivity contribution in [3.63, 3.8) is 0 Å². The molecule has 2 rings (SSSR count). The molecule has 98 valence electrons. The lowest BCUT2D eigenvalue weighted by molar-refractivity contribution is 0.162. The first-order valence-electron chi connectivity index (χ1n) is 7.05. The molecule has 3 N–H and O–H groups in total. The minimum atomic E-state index is 0.330. The Morgan fingerprint density at radius 3 is 2.65 bits per heavy atom. The molecule has 0 spiro atoms. The quantitative estimate of drug-likeness (QED) is 0.560. The van der Waals surface area contributed by atoms with Crippen molar-refractivity contribution in [2.24, 2.45) is 5.73 Å². The fourth-order valence-electron chi connectivity index (χ4n) is 3.09. The van der Waals surface area contributed by atoms with Gasteiger partial charge in [-0.2, -0.15) is 0 Å².